The van der Waals surface area contributed by atoms with Crippen molar-refractivity contribution >= 4 is 43.2 Å². The molecule has 0 spiro atoms. The quantitative estimate of drug-likeness (QED) is 0.706. The molecule has 0 aliphatic heterocycles. The van der Waals surface area contributed by atoms with Crippen molar-refractivity contribution in [2.75, 3.05) is 0 Å². The fraction of sp³-hybridized carbons (Fsp3) is 0.100. The highest BCUT2D eigenvalue weighted by atomic mass is 79.9. The molecule has 2 heterocycles. The zero-order valence-corrected chi connectivity index (χ0v) is 12.4. The van der Waals surface area contributed by atoms with Crippen LogP contribution in [0, 0.1) is 11.3 Å². The van der Waals surface area contributed by atoms with E-state index in [4.69, 9.17) is 5.26 Å². The summed E-state index contributed by atoms with van der Waals surface area (Å²) in [5.41, 5.74) is -0.817. The molecular weight excluding hydrogens is 397 g/mol. The van der Waals surface area contributed by atoms with Crippen molar-refractivity contribution in [3.8, 4) is 16.6 Å². The Morgan fingerprint density at radius 3 is 2.39 bits per heavy atom. The number of alkyl halides is 3. The van der Waals surface area contributed by atoms with Gasteiger partial charge in [0.2, 0.25) is 0 Å². The van der Waals surface area contributed by atoms with Gasteiger partial charge >= 0.3 is 6.18 Å². The summed E-state index contributed by atoms with van der Waals surface area (Å²) in [5.74, 6) is 0. The molecule has 0 atom stereocenters. The third-order valence-corrected chi connectivity index (χ3v) is 4.59. The summed E-state index contributed by atoms with van der Waals surface area (Å²) in [6.45, 7) is 0. The molecule has 1 N–H and O–H groups in total. The van der Waals surface area contributed by atoms with Crippen LogP contribution in [0.3, 0.4) is 0 Å². The van der Waals surface area contributed by atoms with Gasteiger partial charge in [0, 0.05) is 0 Å². The number of aromatic nitrogens is 1. The van der Waals surface area contributed by atoms with E-state index < -0.39 is 11.9 Å². The number of thiophene rings is 1. The Balaban J connectivity index is 2.66. The molecular formula is C10H3Br2F3N2S. The molecule has 2 nitrogen and oxygen atoms in total. The van der Waals surface area contributed by atoms with Crippen LogP contribution in [0.25, 0.3) is 10.6 Å². The van der Waals surface area contributed by atoms with Crippen LogP contribution < -0.4 is 0 Å². The van der Waals surface area contributed by atoms with Crippen molar-refractivity contribution in [1.29, 1.82) is 5.26 Å². The van der Waals surface area contributed by atoms with Crippen LogP contribution in [0.5, 0.6) is 0 Å². The van der Waals surface area contributed by atoms with Crippen molar-refractivity contribution in [2.45, 2.75) is 6.18 Å². The Hall–Kier alpha value is -0.780. The van der Waals surface area contributed by atoms with Gasteiger partial charge in [-0.05, 0) is 44.0 Å². The van der Waals surface area contributed by atoms with Crippen molar-refractivity contribution in [3.63, 3.8) is 0 Å². The summed E-state index contributed by atoms with van der Waals surface area (Å²) in [5, 5.41) is 8.97. The summed E-state index contributed by atoms with van der Waals surface area (Å²) < 4.78 is 38.7. The van der Waals surface area contributed by atoms with E-state index in [-0.39, 0.29) is 15.7 Å². The number of halogens is 5. The third-order valence-electron chi connectivity index (χ3n) is 2.15. The maximum atomic E-state index is 12.7. The smallest absolute Gasteiger partial charge is 0.348 e. The molecule has 18 heavy (non-hydrogen) atoms. The van der Waals surface area contributed by atoms with Gasteiger partial charge in [-0.1, -0.05) is 0 Å². The van der Waals surface area contributed by atoms with Gasteiger partial charge in [-0.15, -0.1) is 11.3 Å². The molecule has 2 aromatic rings. The first-order valence-electron chi connectivity index (χ1n) is 4.49. The van der Waals surface area contributed by atoms with E-state index in [1.807, 2.05) is 0 Å². The highest BCUT2D eigenvalue weighted by molar-refractivity contribution is 9.11. The first-order valence-corrected chi connectivity index (χ1v) is 6.89. The average molecular weight is 400 g/mol. The van der Waals surface area contributed by atoms with Crippen LogP contribution in [-0.4, -0.2) is 4.98 Å². The van der Waals surface area contributed by atoms with E-state index in [2.05, 4.69) is 36.8 Å². The maximum absolute atomic E-state index is 12.7. The van der Waals surface area contributed by atoms with Crippen LogP contribution in [0.4, 0.5) is 13.2 Å². The number of rotatable bonds is 1. The van der Waals surface area contributed by atoms with Gasteiger partial charge in [-0.2, -0.15) is 18.4 Å². The molecule has 0 saturated carbocycles. The molecule has 0 aliphatic rings. The molecule has 0 saturated heterocycles. The fourth-order valence-electron chi connectivity index (χ4n) is 1.41. The zero-order chi connectivity index (χ0) is 13.5. The molecule has 8 heteroatoms. The van der Waals surface area contributed by atoms with E-state index in [0.717, 1.165) is 3.79 Å². The predicted octanol–water partition coefficient (Wildman–Crippen LogP) is 5.16. The first kappa shape index (κ1) is 13.6. The lowest BCUT2D eigenvalue weighted by Crippen LogP contribution is -2.06. The molecule has 0 aliphatic carbocycles. The third kappa shape index (κ3) is 2.35. The fourth-order valence-corrected chi connectivity index (χ4v) is 3.41. The molecule has 0 unspecified atom stereocenters. The zero-order valence-electron chi connectivity index (χ0n) is 8.40. The largest absolute Gasteiger partial charge is 0.432 e. The second-order valence-corrected chi connectivity index (χ2v) is 6.53. The highest BCUT2D eigenvalue weighted by Crippen LogP contribution is 2.42. The van der Waals surface area contributed by atoms with Crippen molar-refractivity contribution < 1.29 is 13.2 Å². The number of aromatic amines is 1. The molecule has 0 aromatic carbocycles. The van der Waals surface area contributed by atoms with Crippen molar-refractivity contribution in [2.24, 2.45) is 0 Å². The van der Waals surface area contributed by atoms with Crippen LogP contribution in [0.1, 0.15) is 11.3 Å². The van der Waals surface area contributed by atoms with E-state index in [9.17, 15) is 13.2 Å². The minimum atomic E-state index is -4.53. The van der Waals surface area contributed by atoms with Gasteiger partial charge in [0.25, 0.3) is 0 Å². The SMILES string of the molecule is N#Cc1c(-c2ccc(Br)s2)[nH]c(C(F)(F)F)c1Br. The van der Waals surface area contributed by atoms with Gasteiger partial charge in [0.15, 0.2) is 0 Å². The minimum Gasteiger partial charge on any atom is -0.348 e. The Morgan fingerprint density at radius 1 is 1.28 bits per heavy atom. The van der Waals surface area contributed by atoms with Gasteiger partial charge < -0.3 is 4.98 Å². The predicted molar refractivity (Wildman–Crippen MR) is 69.2 cm³/mol. The lowest BCUT2D eigenvalue weighted by molar-refractivity contribution is -0.141. The standard InChI is InChI=1S/C10H3Br2F3N2S/c11-6-2-1-5(18-6)8-4(3-16)7(12)9(17-8)10(13,14)15/h1-2,17H. The highest BCUT2D eigenvalue weighted by Gasteiger charge is 2.37. The lowest BCUT2D eigenvalue weighted by atomic mass is 10.2. The van der Waals surface area contributed by atoms with Gasteiger partial charge in [0.1, 0.15) is 11.8 Å². The molecule has 0 fully saturated rings. The van der Waals surface area contributed by atoms with Gasteiger partial charge in [-0.3, -0.25) is 0 Å². The summed E-state index contributed by atoms with van der Waals surface area (Å²) in [7, 11) is 0. The second kappa shape index (κ2) is 4.72. The number of nitrogens with zero attached hydrogens (tertiary/aromatic N) is 1. The molecule has 94 valence electrons. The number of hydrogen-bond acceptors (Lipinski definition) is 2. The Labute approximate surface area is 121 Å². The van der Waals surface area contributed by atoms with E-state index >= 15 is 0 Å². The lowest BCUT2D eigenvalue weighted by Gasteiger charge is -2.03. The van der Waals surface area contributed by atoms with Crippen molar-refractivity contribution in [3.05, 3.63) is 31.6 Å². The van der Waals surface area contributed by atoms with Crippen LogP contribution in [0.2, 0.25) is 0 Å². The van der Waals surface area contributed by atoms with E-state index in [1.54, 1.807) is 18.2 Å². The van der Waals surface area contributed by atoms with E-state index in [1.165, 1.54) is 11.3 Å². The van der Waals surface area contributed by atoms with Gasteiger partial charge in [0.05, 0.1) is 24.4 Å². The molecule has 0 bridgehead atoms. The summed E-state index contributed by atoms with van der Waals surface area (Å²) in [6, 6.07) is 5.14. The topological polar surface area (TPSA) is 39.6 Å². The van der Waals surface area contributed by atoms with E-state index in [0.29, 0.717) is 4.88 Å². The first-order chi connectivity index (χ1) is 8.34. The average Bonchev–Trinajstić information content (AvgIpc) is 2.81. The summed E-state index contributed by atoms with van der Waals surface area (Å²) in [6.07, 6.45) is -4.53. The van der Waals surface area contributed by atoms with Gasteiger partial charge in [-0.25, -0.2) is 0 Å². The maximum Gasteiger partial charge on any atom is 0.432 e. The molecule has 0 amide bonds. The molecule has 2 aromatic heterocycles. The van der Waals surface area contributed by atoms with Crippen LogP contribution in [0.15, 0.2) is 20.4 Å². The monoisotopic (exact) mass is 398 g/mol. The number of H-pyrrole nitrogens is 1. The van der Waals surface area contributed by atoms with Crippen LogP contribution >= 0.6 is 43.2 Å². The normalized spacial score (nSPS) is 11.6. The number of hydrogen-bond donors (Lipinski definition) is 1. The second-order valence-electron chi connectivity index (χ2n) is 3.28. The Kier molecular flexibility index (Phi) is 3.58. The Bertz CT molecular complexity index is 637. The molecule has 0 radical (unpaired) electrons. The minimum absolute atomic E-state index is 0.0447. The summed E-state index contributed by atoms with van der Waals surface area (Å²) >= 11 is 7.30. The summed E-state index contributed by atoms with van der Waals surface area (Å²) in [4.78, 5) is 2.83. The Morgan fingerprint density at radius 2 is 1.94 bits per heavy atom. The number of nitriles is 1. The molecule has 2 rings (SSSR count). The van der Waals surface area contributed by atoms with Crippen molar-refractivity contribution in [1.82, 2.24) is 4.98 Å². The van der Waals surface area contributed by atoms with Crippen LogP contribution in [-0.2, 0) is 6.18 Å². The number of nitrogens with one attached hydrogen (secondary N) is 1.